The number of hydrogen-bond donors (Lipinski definition) is 1. The van der Waals surface area contributed by atoms with Crippen LogP contribution in [0.5, 0.6) is 5.75 Å². The van der Waals surface area contributed by atoms with Gasteiger partial charge in [-0.2, -0.15) is 0 Å². The minimum atomic E-state index is -0.890. The average molecular weight is 358 g/mol. The van der Waals surface area contributed by atoms with Crippen LogP contribution in [0.25, 0.3) is 0 Å². The van der Waals surface area contributed by atoms with Crippen molar-refractivity contribution in [3.05, 3.63) is 28.7 Å². The molecule has 0 spiro atoms. The Morgan fingerprint density at radius 2 is 2.00 bits per heavy atom. The van der Waals surface area contributed by atoms with Gasteiger partial charge in [0, 0.05) is 19.5 Å². The van der Waals surface area contributed by atoms with Crippen molar-refractivity contribution in [1.29, 1.82) is 0 Å². The number of amides is 1. The van der Waals surface area contributed by atoms with Gasteiger partial charge in [0.05, 0.1) is 17.5 Å². The second-order valence-electron chi connectivity index (χ2n) is 4.50. The minimum Gasteiger partial charge on any atom is -0.492 e. The van der Waals surface area contributed by atoms with Crippen molar-refractivity contribution >= 4 is 27.8 Å². The molecule has 0 aliphatic rings. The maximum atomic E-state index is 11.9. The van der Waals surface area contributed by atoms with Gasteiger partial charge in [-0.05, 0) is 41.4 Å². The number of carbonyl (C=O) groups excluding carboxylic acids is 1. The van der Waals surface area contributed by atoms with E-state index in [1.54, 1.807) is 4.90 Å². The summed E-state index contributed by atoms with van der Waals surface area (Å²) in [5, 5.41) is 8.64. The lowest BCUT2D eigenvalue weighted by Crippen LogP contribution is -2.32. The SMILES string of the molecule is CCN(CCC(=O)O)C(=O)CCCOc1ccccc1Br. The van der Waals surface area contributed by atoms with E-state index in [1.807, 2.05) is 31.2 Å². The Morgan fingerprint density at radius 1 is 1.29 bits per heavy atom. The molecular weight excluding hydrogens is 338 g/mol. The summed E-state index contributed by atoms with van der Waals surface area (Å²) in [6.45, 7) is 3.08. The van der Waals surface area contributed by atoms with Crippen molar-refractivity contribution in [1.82, 2.24) is 4.90 Å². The molecule has 0 unspecified atom stereocenters. The van der Waals surface area contributed by atoms with E-state index in [2.05, 4.69) is 15.9 Å². The van der Waals surface area contributed by atoms with Crippen molar-refractivity contribution in [2.75, 3.05) is 19.7 Å². The number of benzene rings is 1. The molecule has 0 saturated carbocycles. The molecule has 0 saturated heterocycles. The third kappa shape index (κ3) is 6.62. The Labute approximate surface area is 133 Å². The normalized spacial score (nSPS) is 10.2. The van der Waals surface area contributed by atoms with Crippen LogP contribution in [0.3, 0.4) is 0 Å². The quantitative estimate of drug-likeness (QED) is 0.690. The summed E-state index contributed by atoms with van der Waals surface area (Å²) in [6, 6.07) is 7.54. The van der Waals surface area contributed by atoms with Gasteiger partial charge < -0.3 is 14.7 Å². The van der Waals surface area contributed by atoms with Crippen LogP contribution in [0.4, 0.5) is 0 Å². The molecule has 1 aromatic carbocycles. The fourth-order valence-corrected chi connectivity index (χ4v) is 2.21. The summed E-state index contributed by atoms with van der Waals surface area (Å²) in [6.07, 6.45) is 0.939. The molecule has 1 aromatic rings. The van der Waals surface area contributed by atoms with Crippen molar-refractivity contribution in [2.24, 2.45) is 0 Å². The molecule has 0 bridgehead atoms. The monoisotopic (exact) mass is 357 g/mol. The summed E-state index contributed by atoms with van der Waals surface area (Å²) < 4.78 is 6.47. The maximum Gasteiger partial charge on any atom is 0.305 e. The molecular formula is C15H20BrNO4. The van der Waals surface area contributed by atoms with Crippen LogP contribution in [-0.4, -0.2) is 41.6 Å². The van der Waals surface area contributed by atoms with E-state index in [0.29, 0.717) is 26.0 Å². The van der Waals surface area contributed by atoms with Crippen molar-refractivity contribution < 1.29 is 19.4 Å². The van der Waals surface area contributed by atoms with Crippen LogP contribution in [0, 0.1) is 0 Å². The molecule has 0 aromatic heterocycles. The number of para-hydroxylation sites is 1. The molecule has 0 aliphatic carbocycles. The highest BCUT2D eigenvalue weighted by Crippen LogP contribution is 2.23. The number of rotatable bonds is 9. The van der Waals surface area contributed by atoms with Gasteiger partial charge in [0.25, 0.3) is 0 Å². The molecule has 0 heterocycles. The Hall–Kier alpha value is -1.56. The maximum absolute atomic E-state index is 11.9. The lowest BCUT2D eigenvalue weighted by atomic mass is 10.2. The molecule has 5 nitrogen and oxygen atoms in total. The zero-order valence-corrected chi connectivity index (χ0v) is 13.6. The van der Waals surface area contributed by atoms with Crippen molar-refractivity contribution in [3.63, 3.8) is 0 Å². The number of ether oxygens (including phenoxy) is 1. The highest BCUT2D eigenvalue weighted by atomic mass is 79.9. The van der Waals surface area contributed by atoms with Crippen molar-refractivity contribution in [2.45, 2.75) is 26.2 Å². The lowest BCUT2D eigenvalue weighted by molar-refractivity contribution is -0.138. The smallest absolute Gasteiger partial charge is 0.305 e. The number of hydrogen-bond acceptors (Lipinski definition) is 3. The van der Waals surface area contributed by atoms with Gasteiger partial charge in [-0.25, -0.2) is 0 Å². The van der Waals surface area contributed by atoms with Gasteiger partial charge >= 0.3 is 5.97 Å². The van der Waals surface area contributed by atoms with E-state index in [0.717, 1.165) is 10.2 Å². The van der Waals surface area contributed by atoms with Gasteiger partial charge in [0.1, 0.15) is 5.75 Å². The molecule has 0 fully saturated rings. The largest absolute Gasteiger partial charge is 0.492 e. The van der Waals surface area contributed by atoms with E-state index in [-0.39, 0.29) is 18.9 Å². The first-order chi connectivity index (χ1) is 10.0. The molecule has 1 N–H and O–H groups in total. The van der Waals surface area contributed by atoms with Gasteiger partial charge in [-0.1, -0.05) is 12.1 Å². The third-order valence-electron chi connectivity index (χ3n) is 2.96. The Morgan fingerprint density at radius 3 is 2.62 bits per heavy atom. The second-order valence-corrected chi connectivity index (χ2v) is 5.35. The van der Waals surface area contributed by atoms with Crippen molar-refractivity contribution in [3.8, 4) is 5.75 Å². The van der Waals surface area contributed by atoms with E-state index in [4.69, 9.17) is 9.84 Å². The van der Waals surface area contributed by atoms with Gasteiger partial charge in [0.2, 0.25) is 5.91 Å². The van der Waals surface area contributed by atoms with E-state index >= 15 is 0 Å². The molecule has 1 rings (SSSR count). The average Bonchev–Trinajstić information content (AvgIpc) is 2.45. The number of carbonyl (C=O) groups is 2. The zero-order valence-electron chi connectivity index (χ0n) is 12.0. The molecule has 1 amide bonds. The Balaban J connectivity index is 2.29. The highest BCUT2D eigenvalue weighted by Gasteiger charge is 2.12. The lowest BCUT2D eigenvalue weighted by Gasteiger charge is -2.20. The number of nitrogens with zero attached hydrogens (tertiary/aromatic N) is 1. The van der Waals surface area contributed by atoms with Gasteiger partial charge in [-0.3, -0.25) is 9.59 Å². The van der Waals surface area contributed by atoms with E-state index in [9.17, 15) is 9.59 Å². The molecule has 116 valence electrons. The number of halogens is 1. The molecule has 0 radical (unpaired) electrons. The first-order valence-electron chi connectivity index (χ1n) is 6.91. The van der Waals surface area contributed by atoms with Gasteiger partial charge in [0.15, 0.2) is 0 Å². The first-order valence-corrected chi connectivity index (χ1v) is 7.70. The summed E-state index contributed by atoms with van der Waals surface area (Å²) in [7, 11) is 0. The Bertz CT molecular complexity index is 478. The van der Waals surface area contributed by atoms with Crippen LogP contribution in [0.2, 0.25) is 0 Å². The summed E-state index contributed by atoms with van der Waals surface area (Å²) in [5.74, 6) is -0.170. The Kier molecular flexibility index (Phi) is 7.82. The number of carboxylic acid groups (broad SMARTS) is 1. The molecule has 6 heteroatoms. The fourth-order valence-electron chi connectivity index (χ4n) is 1.82. The van der Waals surface area contributed by atoms with Crippen LogP contribution >= 0.6 is 15.9 Å². The molecule has 0 aliphatic heterocycles. The number of aliphatic carboxylic acids is 1. The van der Waals surface area contributed by atoms with E-state index < -0.39 is 5.97 Å². The summed E-state index contributed by atoms with van der Waals surface area (Å²) in [4.78, 5) is 24.0. The minimum absolute atomic E-state index is 0.0208. The second kappa shape index (κ2) is 9.39. The zero-order chi connectivity index (χ0) is 15.7. The predicted octanol–water partition coefficient (Wildman–Crippen LogP) is 2.93. The van der Waals surface area contributed by atoms with Crippen LogP contribution in [-0.2, 0) is 9.59 Å². The summed E-state index contributed by atoms with van der Waals surface area (Å²) in [5.41, 5.74) is 0. The molecule has 21 heavy (non-hydrogen) atoms. The standard InChI is InChI=1S/C15H20BrNO4/c1-2-17(10-9-15(19)20)14(18)8-5-11-21-13-7-4-3-6-12(13)16/h3-4,6-7H,2,5,8-11H2,1H3,(H,19,20). The highest BCUT2D eigenvalue weighted by molar-refractivity contribution is 9.10. The van der Waals surface area contributed by atoms with Crippen LogP contribution in [0.1, 0.15) is 26.2 Å². The van der Waals surface area contributed by atoms with Gasteiger partial charge in [-0.15, -0.1) is 0 Å². The fraction of sp³-hybridized carbons (Fsp3) is 0.467. The predicted molar refractivity (Wildman–Crippen MR) is 83.4 cm³/mol. The van der Waals surface area contributed by atoms with Crippen LogP contribution < -0.4 is 4.74 Å². The molecule has 0 atom stereocenters. The topological polar surface area (TPSA) is 66.8 Å². The first kappa shape index (κ1) is 17.5. The third-order valence-corrected chi connectivity index (χ3v) is 3.61. The number of carboxylic acids is 1. The summed E-state index contributed by atoms with van der Waals surface area (Å²) >= 11 is 3.39. The van der Waals surface area contributed by atoms with Crippen LogP contribution in [0.15, 0.2) is 28.7 Å². The van der Waals surface area contributed by atoms with E-state index in [1.165, 1.54) is 0 Å².